The average molecular weight is 514 g/mol. The van der Waals surface area contributed by atoms with Crippen LogP contribution in [0.1, 0.15) is 25.7 Å². The molecule has 36 heavy (non-hydrogen) atoms. The summed E-state index contributed by atoms with van der Waals surface area (Å²) in [6.07, 6.45) is 5.45. The van der Waals surface area contributed by atoms with Gasteiger partial charge >= 0.3 is 0 Å². The van der Waals surface area contributed by atoms with Gasteiger partial charge in [0.25, 0.3) is 5.91 Å². The quantitative estimate of drug-likeness (QED) is 0.600. The number of piperazine rings is 1. The van der Waals surface area contributed by atoms with Crippen LogP contribution in [0.5, 0.6) is 5.75 Å². The van der Waals surface area contributed by atoms with Gasteiger partial charge in [-0.2, -0.15) is 4.31 Å². The third-order valence-corrected chi connectivity index (χ3v) is 8.87. The maximum Gasteiger partial charge on any atom is 0.265 e. The minimum atomic E-state index is -3.71. The van der Waals surface area contributed by atoms with E-state index in [0.29, 0.717) is 50.7 Å². The van der Waals surface area contributed by atoms with E-state index in [4.69, 9.17) is 4.74 Å². The molecule has 2 saturated heterocycles. The number of carbonyl (C=O) groups is 2. The highest BCUT2D eigenvalue weighted by atomic mass is 32.2. The van der Waals surface area contributed by atoms with Gasteiger partial charge in [-0.15, -0.1) is 0 Å². The Hall–Kier alpha value is -3.18. The number of amides is 2. The highest BCUT2D eigenvalue weighted by Crippen LogP contribution is 2.35. The number of hydrogen-bond donors (Lipinski definition) is 0. The van der Waals surface area contributed by atoms with Gasteiger partial charge in [0.1, 0.15) is 18.1 Å². The Morgan fingerprint density at radius 1 is 0.944 bits per heavy atom. The second-order valence-electron chi connectivity index (χ2n) is 9.27. The summed E-state index contributed by atoms with van der Waals surface area (Å²) in [4.78, 5) is 35.6. The van der Waals surface area contributed by atoms with Crippen LogP contribution in [0.25, 0.3) is 0 Å². The van der Waals surface area contributed by atoms with E-state index in [2.05, 4.69) is 9.88 Å². The Balaban J connectivity index is 1.31. The summed E-state index contributed by atoms with van der Waals surface area (Å²) in [5.74, 6) is 0.724. The summed E-state index contributed by atoms with van der Waals surface area (Å²) in [6.45, 7) is 2.96. The molecule has 2 fully saturated rings. The van der Waals surface area contributed by atoms with Crippen LogP contribution in [0.15, 0.2) is 47.5 Å². The van der Waals surface area contributed by atoms with Crippen molar-refractivity contribution in [1.29, 1.82) is 0 Å². The first-order valence-electron chi connectivity index (χ1n) is 12.4. The van der Waals surface area contributed by atoms with Crippen LogP contribution in [0.2, 0.25) is 0 Å². The molecule has 0 N–H and O–H groups in total. The number of fused-ring (bicyclic) bond motifs is 1. The predicted molar refractivity (Wildman–Crippen MR) is 135 cm³/mol. The van der Waals surface area contributed by atoms with Crippen molar-refractivity contribution in [3.63, 3.8) is 0 Å². The number of aromatic nitrogens is 1. The molecular weight excluding hydrogens is 482 g/mol. The lowest BCUT2D eigenvalue weighted by Gasteiger charge is -2.37. The van der Waals surface area contributed by atoms with Crippen LogP contribution in [0.3, 0.4) is 0 Å². The van der Waals surface area contributed by atoms with Crippen LogP contribution in [-0.2, 0) is 19.6 Å². The predicted octanol–water partition coefficient (Wildman–Crippen LogP) is 1.72. The van der Waals surface area contributed by atoms with Gasteiger partial charge in [0, 0.05) is 45.5 Å². The van der Waals surface area contributed by atoms with Gasteiger partial charge in [-0.3, -0.25) is 14.5 Å². The topological polar surface area (TPSA) is 103 Å². The number of rotatable bonds is 5. The highest BCUT2D eigenvalue weighted by Gasteiger charge is 2.33. The van der Waals surface area contributed by atoms with Crippen LogP contribution in [0.4, 0.5) is 11.5 Å². The van der Waals surface area contributed by atoms with Gasteiger partial charge in [0.15, 0.2) is 6.61 Å². The lowest BCUT2D eigenvalue weighted by molar-refractivity contribution is -0.132. The fraction of sp³-hybridized carbons (Fsp3) is 0.480. The van der Waals surface area contributed by atoms with E-state index < -0.39 is 10.0 Å². The molecule has 3 aliphatic heterocycles. The van der Waals surface area contributed by atoms with E-state index in [1.54, 1.807) is 17.2 Å². The van der Waals surface area contributed by atoms with E-state index >= 15 is 0 Å². The number of nitrogens with zero attached hydrogens (tertiary/aromatic N) is 5. The smallest absolute Gasteiger partial charge is 0.265 e. The van der Waals surface area contributed by atoms with Crippen LogP contribution < -0.4 is 14.5 Å². The Morgan fingerprint density at radius 2 is 1.69 bits per heavy atom. The van der Waals surface area contributed by atoms with Gasteiger partial charge in [0.2, 0.25) is 15.9 Å². The van der Waals surface area contributed by atoms with Crippen molar-refractivity contribution < 1.29 is 22.7 Å². The molecule has 0 unspecified atom stereocenters. The summed E-state index contributed by atoms with van der Waals surface area (Å²) >= 11 is 0. The SMILES string of the molecule is O=C(CN1C(=O)COc2ccc(S(=O)(=O)N3CCCCCC3)cc21)N1CCN(c2ccccn2)CC1. The minimum absolute atomic E-state index is 0.114. The summed E-state index contributed by atoms with van der Waals surface area (Å²) in [5, 5.41) is 0. The number of benzene rings is 1. The third kappa shape index (κ3) is 5.03. The van der Waals surface area contributed by atoms with E-state index in [0.717, 1.165) is 31.5 Å². The first-order valence-corrected chi connectivity index (χ1v) is 13.9. The van der Waals surface area contributed by atoms with Crippen molar-refractivity contribution in [2.75, 3.05) is 62.2 Å². The molecule has 0 saturated carbocycles. The lowest BCUT2D eigenvalue weighted by Crippen LogP contribution is -2.53. The molecule has 1 aromatic carbocycles. The molecule has 0 atom stereocenters. The van der Waals surface area contributed by atoms with Gasteiger partial charge in [0.05, 0.1) is 10.6 Å². The van der Waals surface area contributed by atoms with Crippen molar-refractivity contribution in [2.45, 2.75) is 30.6 Å². The Bertz CT molecular complexity index is 1210. The molecule has 2 amide bonds. The molecule has 0 bridgehead atoms. The molecule has 2 aromatic rings. The van der Waals surface area contributed by atoms with Gasteiger partial charge in [-0.05, 0) is 43.2 Å². The third-order valence-electron chi connectivity index (χ3n) is 6.98. The molecule has 192 valence electrons. The second-order valence-corrected chi connectivity index (χ2v) is 11.2. The van der Waals surface area contributed by atoms with Gasteiger partial charge in [-0.25, -0.2) is 13.4 Å². The van der Waals surface area contributed by atoms with Crippen molar-refractivity contribution in [3.8, 4) is 5.75 Å². The fourth-order valence-electron chi connectivity index (χ4n) is 4.91. The zero-order chi connectivity index (χ0) is 25.1. The Kier molecular flexibility index (Phi) is 7.10. The molecule has 3 aliphatic rings. The number of pyridine rings is 1. The van der Waals surface area contributed by atoms with Crippen molar-refractivity contribution in [1.82, 2.24) is 14.2 Å². The molecule has 11 heteroatoms. The van der Waals surface area contributed by atoms with Gasteiger partial charge < -0.3 is 14.5 Å². The van der Waals surface area contributed by atoms with Crippen molar-refractivity contribution >= 4 is 33.3 Å². The molecule has 0 spiro atoms. The summed E-state index contributed by atoms with van der Waals surface area (Å²) < 4.78 is 33.7. The second kappa shape index (κ2) is 10.4. The number of ether oxygens (including phenoxy) is 1. The molecule has 4 heterocycles. The zero-order valence-electron chi connectivity index (χ0n) is 20.2. The van der Waals surface area contributed by atoms with Crippen molar-refractivity contribution in [3.05, 3.63) is 42.6 Å². The monoisotopic (exact) mass is 513 g/mol. The van der Waals surface area contributed by atoms with E-state index in [9.17, 15) is 18.0 Å². The van der Waals surface area contributed by atoms with Crippen molar-refractivity contribution in [2.24, 2.45) is 0 Å². The number of hydrogen-bond acceptors (Lipinski definition) is 7. The molecule has 1 aromatic heterocycles. The lowest BCUT2D eigenvalue weighted by atomic mass is 10.2. The molecule has 0 aliphatic carbocycles. The van der Waals surface area contributed by atoms with Crippen LogP contribution in [-0.4, -0.2) is 86.8 Å². The number of sulfonamides is 1. The number of anilines is 2. The molecular formula is C25H31N5O5S. The number of carbonyl (C=O) groups excluding carboxylic acids is 2. The van der Waals surface area contributed by atoms with Crippen LogP contribution >= 0.6 is 0 Å². The first-order chi connectivity index (χ1) is 17.4. The van der Waals surface area contributed by atoms with Gasteiger partial charge in [-0.1, -0.05) is 18.9 Å². The zero-order valence-corrected chi connectivity index (χ0v) is 21.0. The first kappa shape index (κ1) is 24.5. The van der Waals surface area contributed by atoms with Crippen LogP contribution in [0, 0.1) is 0 Å². The minimum Gasteiger partial charge on any atom is -0.482 e. The maximum absolute atomic E-state index is 13.3. The largest absolute Gasteiger partial charge is 0.482 e. The summed E-state index contributed by atoms with van der Waals surface area (Å²) in [7, 11) is -3.71. The normalized spacial score (nSPS) is 19.4. The average Bonchev–Trinajstić information content (AvgIpc) is 3.21. The molecule has 0 radical (unpaired) electrons. The van der Waals surface area contributed by atoms with E-state index in [1.807, 2.05) is 18.2 Å². The van der Waals surface area contributed by atoms with E-state index in [1.165, 1.54) is 21.3 Å². The molecule has 5 rings (SSSR count). The Morgan fingerprint density at radius 3 is 2.39 bits per heavy atom. The maximum atomic E-state index is 13.3. The standard InChI is InChI=1S/C25H31N5O5S/c31-24(28-15-13-27(14-16-28)23-7-3-4-10-26-23)18-30-21-17-20(8-9-22(21)35-19-25(30)32)36(33,34)29-11-5-1-2-6-12-29/h3-4,7-10,17H,1-2,5-6,11-16,18-19H2. The summed E-state index contributed by atoms with van der Waals surface area (Å²) in [6, 6.07) is 10.3. The van der Waals surface area contributed by atoms with E-state index in [-0.39, 0.29) is 29.9 Å². The Labute approximate surface area is 211 Å². The summed E-state index contributed by atoms with van der Waals surface area (Å²) in [5.41, 5.74) is 0.322. The molecule has 10 nitrogen and oxygen atoms in total. The highest BCUT2D eigenvalue weighted by molar-refractivity contribution is 7.89. The fourth-order valence-corrected chi connectivity index (χ4v) is 6.45.